The predicted molar refractivity (Wildman–Crippen MR) is 48.8 cm³/mol. The highest BCUT2D eigenvalue weighted by Crippen LogP contribution is 2.25. The molecule has 0 aromatic carbocycles. The first-order valence-electron chi connectivity index (χ1n) is 4.38. The van der Waals surface area contributed by atoms with Gasteiger partial charge in [0.25, 0.3) is 0 Å². The second-order valence-electron chi connectivity index (χ2n) is 3.05. The lowest BCUT2D eigenvalue weighted by molar-refractivity contribution is 0.248. The van der Waals surface area contributed by atoms with Gasteiger partial charge in [-0.2, -0.15) is 9.78 Å². The lowest BCUT2D eigenvalue weighted by atomic mass is 10.2. The molecule has 0 spiro atoms. The van der Waals surface area contributed by atoms with Crippen molar-refractivity contribution in [2.45, 2.75) is 19.8 Å². The summed E-state index contributed by atoms with van der Waals surface area (Å²) < 4.78 is 1.25. The minimum atomic E-state index is -0.523. The third kappa shape index (κ3) is 1.07. The standard InChI is InChI=1S/C8H12N4O/c1-2-6-5-3-4-10-7(5)12(11-6)8(9)13/h10H,2-4H2,1H3,(H2,9,13). The molecule has 0 unspecified atom stereocenters. The van der Waals surface area contributed by atoms with Gasteiger partial charge >= 0.3 is 6.03 Å². The maximum absolute atomic E-state index is 11.0. The summed E-state index contributed by atoms with van der Waals surface area (Å²) in [6.07, 6.45) is 1.77. The molecule has 0 bridgehead atoms. The molecule has 1 amide bonds. The van der Waals surface area contributed by atoms with E-state index < -0.39 is 6.03 Å². The number of anilines is 1. The van der Waals surface area contributed by atoms with E-state index in [9.17, 15) is 4.79 Å². The van der Waals surface area contributed by atoms with E-state index in [2.05, 4.69) is 10.4 Å². The number of nitrogens with zero attached hydrogens (tertiary/aromatic N) is 2. The molecule has 0 atom stereocenters. The molecule has 5 nitrogen and oxygen atoms in total. The van der Waals surface area contributed by atoms with Gasteiger partial charge in [0, 0.05) is 12.1 Å². The summed E-state index contributed by atoms with van der Waals surface area (Å²) in [5.41, 5.74) is 7.29. The SMILES string of the molecule is CCc1nn(C(N)=O)c2c1CCN2. The highest BCUT2D eigenvalue weighted by molar-refractivity contribution is 5.79. The van der Waals surface area contributed by atoms with Crippen molar-refractivity contribution < 1.29 is 4.79 Å². The van der Waals surface area contributed by atoms with Crippen LogP contribution in [0.3, 0.4) is 0 Å². The van der Waals surface area contributed by atoms with Crippen molar-refractivity contribution in [1.29, 1.82) is 0 Å². The molecule has 13 heavy (non-hydrogen) atoms. The maximum atomic E-state index is 11.0. The molecule has 1 aliphatic rings. The summed E-state index contributed by atoms with van der Waals surface area (Å²) in [6.45, 7) is 2.89. The molecule has 5 heteroatoms. The Hall–Kier alpha value is -1.52. The summed E-state index contributed by atoms with van der Waals surface area (Å²) in [5.74, 6) is 0.782. The van der Waals surface area contributed by atoms with Crippen molar-refractivity contribution in [3.63, 3.8) is 0 Å². The van der Waals surface area contributed by atoms with Gasteiger partial charge in [-0.15, -0.1) is 0 Å². The number of primary amides is 1. The van der Waals surface area contributed by atoms with E-state index in [1.165, 1.54) is 4.68 Å². The van der Waals surface area contributed by atoms with Crippen molar-refractivity contribution >= 4 is 11.8 Å². The van der Waals surface area contributed by atoms with E-state index in [1.807, 2.05) is 6.92 Å². The zero-order valence-corrected chi connectivity index (χ0v) is 7.50. The van der Waals surface area contributed by atoms with Crippen LogP contribution in [-0.2, 0) is 12.8 Å². The number of aromatic nitrogens is 2. The van der Waals surface area contributed by atoms with Crippen LogP contribution in [-0.4, -0.2) is 22.4 Å². The molecule has 2 rings (SSSR count). The van der Waals surface area contributed by atoms with E-state index >= 15 is 0 Å². The predicted octanol–water partition coefficient (Wildman–Crippen LogP) is 0.340. The monoisotopic (exact) mass is 180 g/mol. The highest BCUT2D eigenvalue weighted by Gasteiger charge is 2.22. The van der Waals surface area contributed by atoms with Crippen LogP contribution < -0.4 is 11.1 Å². The van der Waals surface area contributed by atoms with Gasteiger partial charge in [-0.1, -0.05) is 6.92 Å². The maximum Gasteiger partial charge on any atom is 0.341 e. The highest BCUT2D eigenvalue weighted by atomic mass is 16.2. The summed E-state index contributed by atoms with van der Waals surface area (Å²) in [5, 5.41) is 7.23. The fourth-order valence-electron chi connectivity index (χ4n) is 1.69. The van der Waals surface area contributed by atoms with Crippen LogP contribution >= 0.6 is 0 Å². The Kier molecular flexibility index (Phi) is 1.72. The molecule has 1 aromatic heterocycles. The Morgan fingerprint density at radius 2 is 2.54 bits per heavy atom. The van der Waals surface area contributed by atoms with Crippen LogP contribution in [0.25, 0.3) is 0 Å². The number of rotatable bonds is 1. The second-order valence-corrected chi connectivity index (χ2v) is 3.05. The molecular formula is C8H12N4O. The van der Waals surface area contributed by atoms with Crippen LogP contribution in [0.4, 0.5) is 10.6 Å². The Balaban J connectivity index is 2.54. The van der Waals surface area contributed by atoms with Crippen molar-refractivity contribution in [3.05, 3.63) is 11.3 Å². The molecule has 0 aliphatic carbocycles. The van der Waals surface area contributed by atoms with Gasteiger partial charge in [0.05, 0.1) is 5.69 Å². The van der Waals surface area contributed by atoms with Crippen LogP contribution in [0, 0.1) is 0 Å². The number of aryl methyl sites for hydroxylation is 1. The van der Waals surface area contributed by atoms with Crippen molar-refractivity contribution in [3.8, 4) is 0 Å². The normalized spacial score (nSPS) is 13.9. The Labute approximate surface area is 75.9 Å². The van der Waals surface area contributed by atoms with Crippen LogP contribution in [0.15, 0.2) is 0 Å². The number of amides is 1. The fraction of sp³-hybridized carbons (Fsp3) is 0.500. The number of fused-ring (bicyclic) bond motifs is 1. The minimum absolute atomic E-state index is 0.523. The zero-order valence-electron chi connectivity index (χ0n) is 7.50. The van der Waals surface area contributed by atoms with E-state index in [-0.39, 0.29) is 0 Å². The van der Waals surface area contributed by atoms with Crippen molar-refractivity contribution in [1.82, 2.24) is 9.78 Å². The number of carbonyl (C=O) groups is 1. The average molecular weight is 180 g/mol. The molecule has 0 saturated heterocycles. The Morgan fingerprint density at radius 1 is 1.77 bits per heavy atom. The lowest BCUT2D eigenvalue weighted by Crippen LogP contribution is -2.22. The van der Waals surface area contributed by atoms with Crippen LogP contribution in [0.5, 0.6) is 0 Å². The van der Waals surface area contributed by atoms with Crippen molar-refractivity contribution in [2.75, 3.05) is 11.9 Å². The summed E-state index contributed by atoms with van der Waals surface area (Å²) in [6, 6.07) is -0.523. The molecule has 3 N–H and O–H groups in total. The number of nitrogens with one attached hydrogen (secondary N) is 1. The minimum Gasteiger partial charge on any atom is -0.369 e. The zero-order chi connectivity index (χ0) is 9.42. The van der Waals surface area contributed by atoms with Gasteiger partial charge in [0.15, 0.2) is 0 Å². The first-order valence-corrected chi connectivity index (χ1v) is 4.38. The molecule has 70 valence electrons. The topological polar surface area (TPSA) is 72.9 Å². The average Bonchev–Trinajstić information content (AvgIpc) is 2.61. The summed E-state index contributed by atoms with van der Waals surface area (Å²) >= 11 is 0. The Bertz CT molecular complexity index is 355. The Morgan fingerprint density at radius 3 is 3.15 bits per heavy atom. The number of hydrogen-bond donors (Lipinski definition) is 2. The van der Waals surface area contributed by atoms with Gasteiger partial charge in [-0.25, -0.2) is 4.79 Å². The summed E-state index contributed by atoms with van der Waals surface area (Å²) in [7, 11) is 0. The smallest absolute Gasteiger partial charge is 0.341 e. The fourth-order valence-corrected chi connectivity index (χ4v) is 1.69. The van der Waals surface area contributed by atoms with E-state index in [0.29, 0.717) is 0 Å². The van der Waals surface area contributed by atoms with Gasteiger partial charge in [0.2, 0.25) is 0 Å². The third-order valence-electron chi connectivity index (χ3n) is 2.28. The van der Waals surface area contributed by atoms with Crippen molar-refractivity contribution in [2.24, 2.45) is 5.73 Å². The van der Waals surface area contributed by atoms with Gasteiger partial charge in [-0.3, -0.25) is 0 Å². The molecule has 0 saturated carbocycles. The molecule has 0 radical (unpaired) electrons. The first kappa shape index (κ1) is 8.10. The number of hydrogen-bond acceptors (Lipinski definition) is 3. The van der Waals surface area contributed by atoms with Gasteiger partial charge < -0.3 is 11.1 Å². The van der Waals surface area contributed by atoms with Crippen LogP contribution in [0.1, 0.15) is 18.2 Å². The molecule has 2 heterocycles. The molecule has 0 fully saturated rings. The van der Waals surface area contributed by atoms with Crippen LogP contribution in [0.2, 0.25) is 0 Å². The van der Waals surface area contributed by atoms with Gasteiger partial charge in [0.1, 0.15) is 5.82 Å². The number of carbonyl (C=O) groups excluding carboxylic acids is 1. The van der Waals surface area contributed by atoms with E-state index in [1.54, 1.807) is 0 Å². The number of nitrogens with two attached hydrogens (primary N) is 1. The van der Waals surface area contributed by atoms with E-state index in [4.69, 9.17) is 5.73 Å². The lowest BCUT2D eigenvalue weighted by Gasteiger charge is -1.99. The molecule has 1 aliphatic heterocycles. The van der Waals surface area contributed by atoms with Gasteiger partial charge in [-0.05, 0) is 12.8 Å². The molecular weight excluding hydrogens is 168 g/mol. The second kappa shape index (κ2) is 2.76. The first-order chi connectivity index (χ1) is 6.24. The molecule has 1 aromatic rings. The third-order valence-corrected chi connectivity index (χ3v) is 2.28. The quantitative estimate of drug-likeness (QED) is 0.654. The largest absolute Gasteiger partial charge is 0.369 e. The summed E-state index contributed by atoms with van der Waals surface area (Å²) in [4.78, 5) is 11.0. The van der Waals surface area contributed by atoms with E-state index in [0.717, 1.165) is 36.5 Å².